The summed E-state index contributed by atoms with van der Waals surface area (Å²) in [7, 11) is 0. The maximum Gasteiger partial charge on any atom is 0.132 e. The number of rotatable bonds is 3. The van der Waals surface area contributed by atoms with Crippen molar-refractivity contribution in [3.63, 3.8) is 0 Å². The lowest BCUT2D eigenvalue weighted by molar-refractivity contribution is 0.422. The molecule has 0 bridgehead atoms. The van der Waals surface area contributed by atoms with Crippen LogP contribution >= 0.6 is 0 Å². The summed E-state index contributed by atoms with van der Waals surface area (Å²) in [6.07, 6.45) is 4.06. The molecule has 0 aliphatic carbocycles. The summed E-state index contributed by atoms with van der Waals surface area (Å²) in [6, 6.07) is 2.75. The number of anilines is 1. The molecule has 0 spiro atoms. The van der Waals surface area contributed by atoms with Crippen molar-refractivity contribution in [1.82, 2.24) is 15.3 Å². The molecule has 2 rings (SSSR count). The van der Waals surface area contributed by atoms with Gasteiger partial charge in [0.25, 0.3) is 0 Å². The van der Waals surface area contributed by atoms with Gasteiger partial charge in [-0.3, -0.25) is 0 Å². The summed E-state index contributed by atoms with van der Waals surface area (Å²) in [5.41, 5.74) is 1.04. The van der Waals surface area contributed by atoms with Gasteiger partial charge in [-0.1, -0.05) is 6.92 Å². The second kappa shape index (κ2) is 5.25. The molecular weight excluding hydrogens is 200 g/mol. The van der Waals surface area contributed by atoms with Crippen LogP contribution in [0.25, 0.3) is 0 Å². The summed E-state index contributed by atoms with van der Waals surface area (Å²) in [5, 5.41) is 3.51. The Morgan fingerprint density at radius 3 is 2.75 bits per heavy atom. The van der Waals surface area contributed by atoms with Gasteiger partial charge in [0.2, 0.25) is 0 Å². The third-order valence-corrected chi connectivity index (χ3v) is 3.10. The highest BCUT2D eigenvalue weighted by atomic mass is 15.2. The molecule has 4 nitrogen and oxygen atoms in total. The molecule has 16 heavy (non-hydrogen) atoms. The van der Waals surface area contributed by atoms with Gasteiger partial charge in [0, 0.05) is 30.9 Å². The molecule has 0 radical (unpaired) electrons. The largest absolute Gasteiger partial charge is 0.356 e. The van der Waals surface area contributed by atoms with E-state index in [9.17, 15) is 0 Å². The van der Waals surface area contributed by atoms with Crippen LogP contribution in [0.5, 0.6) is 0 Å². The summed E-state index contributed by atoms with van der Waals surface area (Å²) in [4.78, 5) is 10.8. The Morgan fingerprint density at radius 1 is 1.38 bits per heavy atom. The molecule has 1 aliphatic heterocycles. The summed E-state index contributed by atoms with van der Waals surface area (Å²) < 4.78 is 0. The highest BCUT2D eigenvalue weighted by molar-refractivity contribution is 5.39. The van der Waals surface area contributed by atoms with Gasteiger partial charge >= 0.3 is 0 Å². The van der Waals surface area contributed by atoms with Crippen molar-refractivity contribution in [1.29, 1.82) is 0 Å². The second-order valence-corrected chi connectivity index (χ2v) is 4.34. The fraction of sp³-hybridized carbons (Fsp3) is 0.667. The number of hydrogen-bond acceptors (Lipinski definition) is 4. The monoisotopic (exact) mass is 220 g/mol. The third-order valence-electron chi connectivity index (χ3n) is 3.10. The molecule has 0 amide bonds. The average molecular weight is 220 g/mol. The van der Waals surface area contributed by atoms with Crippen molar-refractivity contribution >= 4 is 5.82 Å². The Morgan fingerprint density at radius 2 is 2.12 bits per heavy atom. The lowest BCUT2D eigenvalue weighted by Crippen LogP contribution is -2.42. The van der Waals surface area contributed by atoms with Crippen molar-refractivity contribution < 1.29 is 0 Å². The smallest absolute Gasteiger partial charge is 0.132 e. The first kappa shape index (κ1) is 11.3. The Labute approximate surface area is 97.1 Å². The van der Waals surface area contributed by atoms with Crippen LogP contribution in [0.15, 0.2) is 12.4 Å². The molecule has 1 aromatic rings. The number of hydrogen-bond donors (Lipinski definition) is 1. The molecular formula is C12H20N4. The van der Waals surface area contributed by atoms with Crippen LogP contribution in [0.4, 0.5) is 5.82 Å². The molecule has 1 saturated heterocycles. The summed E-state index contributed by atoms with van der Waals surface area (Å²) in [5.74, 6) is 1.07. The fourth-order valence-electron chi connectivity index (χ4n) is 2.21. The van der Waals surface area contributed by atoms with Gasteiger partial charge in [-0.15, -0.1) is 0 Å². The van der Waals surface area contributed by atoms with E-state index in [1.807, 2.05) is 6.92 Å². The fourth-order valence-corrected chi connectivity index (χ4v) is 2.21. The Hall–Kier alpha value is -1.16. The van der Waals surface area contributed by atoms with E-state index in [2.05, 4.69) is 33.2 Å². The van der Waals surface area contributed by atoms with Crippen LogP contribution in [0.2, 0.25) is 0 Å². The van der Waals surface area contributed by atoms with E-state index in [1.165, 1.54) is 12.8 Å². The number of nitrogens with zero attached hydrogens (tertiary/aromatic N) is 3. The molecule has 0 saturated carbocycles. The number of nitrogens with one attached hydrogen (secondary N) is 1. The molecule has 1 fully saturated rings. The van der Waals surface area contributed by atoms with Crippen molar-refractivity contribution in [2.75, 3.05) is 24.5 Å². The first-order valence-corrected chi connectivity index (χ1v) is 6.06. The maximum atomic E-state index is 4.33. The van der Waals surface area contributed by atoms with Crippen molar-refractivity contribution in [3.05, 3.63) is 18.1 Å². The predicted octanol–water partition coefficient (Wildman–Crippen LogP) is 1.36. The van der Waals surface area contributed by atoms with E-state index < -0.39 is 0 Å². The highest BCUT2D eigenvalue weighted by Crippen LogP contribution is 2.17. The third kappa shape index (κ3) is 2.70. The van der Waals surface area contributed by atoms with Crippen LogP contribution in [0.1, 0.15) is 25.5 Å². The van der Waals surface area contributed by atoms with Crippen LogP contribution in [0, 0.1) is 6.92 Å². The van der Waals surface area contributed by atoms with Gasteiger partial charge in [0.05, 0.1) is 0 Å². The second-order valence-electron chi connectivity index (χ2n) is 4.34. The maximum absolute atomic E-state index is 4.33. The zero-order chi connectivity index (χ0) is 11.4. The number of aromatic nitrogens is 2. The Bertz CT molecular complexity index is 332. The molecule has 0 unspecified atom stereocenters. The van der Waals surface area contributed by atoms with E-state index in [1.54, 1.807) is 6.33 Å². The van der Waals surface area contributed by atoms with Gasteiger partial charge in [-0.2, -0.15) is 0 Å². The standard InChI is InChI=1S/C12H20N4/c1-3-13-11-4-6-16(7-5-11)12-8-10(2)14-9-15-12/h8-9,11,13H,3-7H2,1-2H3. The van der Waals surface area contributed by atoms with Gasteiger partial charge in [0.15, 0.2) is 0 Å². The first-order chi connectivity index (χ1) is 7.79. The molecule has 88 valence electrons. The zero-order valence-electron chi connectivity index (χ0n) is 10.1. The van der Waals surface area contributed by atoms with Gasteiger partial charge in [-0.25, -0.2) is 9.97 Å². The lowest BCUT2D eigenvalue weighted by atomic mass is 10.1. The van der Waals surface area contributed by atoms with Crippen LogP contribution in [0.3, 0.4) is 0 Å². The average Bonchev–Trinajstić information content (AvgIpc) is 2.30. The van der Waals surface area contributed by atoms with Gasteiger partial charge < -0.3 is 10.2 Å². The minimum Gasteiger partial charge on any atom is -0.356 e. The molecule has 1 aromatic heterocycles. The van der Waals surface area contributed by atoms with E-state index in [0.29, 0.717) is 6.04 Å². The highest BCUT2D eigenvalue weighted by Gasteiger charge is 2.19. The van der Waals surface area contributed by atoms with E-state index in [-0.39, 0.29) is 0 Å². The number of piperidine rings is 1. The van der Waals surface area contributed by atoms with Crippen molar-refractivity contribution in [3.8, 4) is 0 Å². The van der Waals surface area contributed by atoms with E-state index in [4.69, 9.17) is 0 Å². The molecule has 1 N–H and O–H groups in total. The van der Waals surface area contributed by atoms with E-state index >= 15 is 0 Å². The van der Waals surface area contributed by atoms with Crippen LogP contribution in [-0.4, -0.2) is 35.6 Å². The lowest BCUT2D eigenvalue weighted by Gasteiger charge is -2.33. The van der Waals surface area contributed by atoms with Crippen molar-refractivity contribution in [2.24, 2.45) is 0 Å². The SMILES string of the molecule is CCNC1CCN(c2cc(C)ncn2)CC1. The van der Waals surface area contributed by atoms with Crippen LogP contribution in [-0.2, 0) is 0 Å². The zero-order valence-corrected chi connectivity index (χ0v) is 10.1. The Kier molecular flexibility index (Phi) is 3.72. The van der Waals surface area contributed by atoms with E-state index in [0.717, 1.165) is 31.1 Å². The molecule has 1 aliphatic rings. The Balaban J connectivity index is 1.94. The minimum absolute atomic E-state index is 0.684. The molecule has 0 aromatic carbocycles. The molecule has 2 heterocycles. The minimum atomic E-state index is 0.684. The topological polar surface area (TPSA) is 41.0 Å². The molecule has 4 heteroatoms. The normalized spacial score (nSPS) is 17.8. The quantitative estimate of drug-likeness (QED) is 0.835. The number of aryl methyl sites for hydroxylation is 1. The van der Waals surface area contributed by atoms with Gasteiger partial charge in [0.1, 0.15) is 12.1 Å². The first-order valence-electron chi connectivity index (χ1n) is 6.06. The summed E-state index contributed by atoms with van der Waals surface area (Å²) >= 11 is 0. The predicted molar refractivity (Wildman–Crippen MR) is 65.7 cm³/mol. The summed E-state index contributed by atoms with van der Waals surface area (Å²) in [6.45, 7) is 7.43. The van der Waals surface area contributed by atoms with Gasteiger partial charge in [-0.05, 0) is 26.3 Å². The molecule has 0 atom stereocenters. The van der Waals surface area contributed by atoms with Crippen molar-refractivity contribution in [2.45, 2.75) is 32.7 Å². The van der Waals surface area contributed by atoms with Crippen LogP contribution < -0.4 is 10.2 Å².